The minimum absolute atomic E-state index is 0.0944. The Morgan fingerprint density at radius 3 is 2.69 bits per heavy atom. The summed E-state index contributed by atoms with van der Waals surface area (Å²) in [5.74, 6) is -0.0944. The van der Waals surface area contributed by atoms with Crippen molar-refractivity contribution in [2.75, 3.05) is 20.1 Å². The number of aryl methyl sites for hydroxylation is 1. The lowest BCUT2D eigenvalue weighted by Crippen LogP contribution is -2.35. The first kappa shape index (κ1) is 18.6. The van der Waals surface area contributed by atoms with E-state index in [1.54, 1.807) is 0 Å². The van der Waals surface area contributed by atoms with Crippen molar-refractivity contribution in [2.45, 2.75) is 51.5 Å². The minimum atomic E-state index is -0.0944. The van der Waals surface area contributed by atoms with Crippen LogP contribution >= 0.6 is 0 Å². The number of nitrogens with one attached hydrogen (secondary N) is 1. The molecular weight excluding hydrogens is 324 g/mol. The zero-order chi connectivity index (χ0) is 18.4. The first-order chi connectivity index (χ1) is 12.6. The lowest BCUT2D eigenvalue weighted by molar-refractivity contribution is 0.0945. The van der Waals surface area contributed by atoms with E-state index < -0.39 is 0 Å². The molecule has 0 unspecified atom stereocenters. The van der Waals surface area contributed by atoms with Crippen molar-refractivity contribution in [3.63, 3.8) is 0 Å². The quantitative estimate of drug-likeness (QED) is 0.774. The fourth-order valence-electron chi connectivity index (χ4n) is 3.74. The normalized spacial score (nSPS) is 15.3. The van der Waals surface area contributed by atoms with Crippen LogP contribution in [0.1, 0.15) is 54.7 Å². The molecule has 0 spiro atoms. The molecule has 1 aliphatic rings. The van der Waals surface area contributed by atoms with Crippen LogP contribution in [0.25, 0.3) is 5.69 Å². The highest BCUT2D eigenvalue weighted by Crippen LogP contribution is 2.21. The summed E-state index contributed by atoms with van der Waals surface area (Å²) < 4.78 is 1.81. The number of benzene rings is 1. The Morgan fingerprint density at radius 2 is 1.96 bits per heavy atom. The van der Waals surface area contributed by atoms with Gasteiger partial charge < -0.3 is 10.2 Å². The number of rotatable bonds is 7. The maximum absolute atomic E-state index is 12.4. The van der Waals surface area contributed by atoms with Crippen LogP contribution in [0.3, 0.4) is 0 Å². The number of carbonyl (C=O) groups excluding carboxylic acids is 1. The van der Waals surface area contributed by atoms with Crippen molar-refractivity contribution in [1.82, 2.24) is 20.0 Å². The highest BCUT2D eigenvalue weighted by Gasteiger charge is 2.17. The van der Waals surface area contributed by atoms with Crippen molar-refractivity contribution >= 4 is 5.91 Å². The van der Waals surface area contributed by atoms with E-state index in [1.807, 2.05) is 48.0 Å². The number of nitrogens with zero attached hydrogens (tertiary/aromatic N) is 3. The number of hydrogen-bond acceptors (Lipinski definition) is 3. The Morgan fingerprint density at radius 1 is 1.23 bits per heavy atom. The number of hydrogen-bond donors (Lipinski definition) is 1. The molecule has 0 bridgehead atoms. The van der Waals surface area contributed by atoms with E-state index in [0.29, 0.717) is 12.2 Å². The Labute approximate surface area is 156 Å². The highest BCUT2D eigenvalue weighted by atomic mass is 16.1. The smallest absolute Gasteiger partial charge is 0.271 e. The first-order valence-electron chi connectivity index (χ1n) is 9.75. The van der Waals surface area contributed by atoms with E-state index in [2.05, 4.69) is 22.4 Å². The summed E-state index contributed by atoms with van der Waals surface area (Å²) >= 11 is 0. The molecule has 140 valence electrons. The molecule has 1 heterocycles. The van der Waals surface area contributed by atoms with Gasteiger partial charge in [0.25, 0.3) is 5.91 Å². The lowest BCUT2D eigenvalue weighted by Gasteiger charge is -2.31. The van der Waals surface area contributed by atoms with Gasteiger partial charge in [0.15, 0.2) is 5.69 Å². The van der Waals surface area contributed by atoms with Crippen molar-refractivity contribution in [2.24, 2.45) is 0 Å². The van der Waals surface area contributed by atoms with Crippen LogP contribution in [0, 0.1) is 6.92 Å². The summed E-state index contributed by atoms with van der Waals surface area (Å²) in [6, 6.07) is 12.5. The molecule has 5 nitrogen and oxygen atoms in total. The van der Waals surface area contributed by atoms with Gasteiger partial charge in [-0.2, -0.15) is 5.10 Å². The second kappa shape index (κ2) is 8.99. The predicted octanol–water partition coefficient (Wildman–Crippen LogP) is 3.57. The van der Waals surface area contributed by atoms with E-state index >= 15 is 0 Å². The van der Waals surface area contributed by atoms with Crippen LogP contribution in [0.15, 0.2) is 36.4 Å². The third-order valence-corrected chi connectivity index (χ3v) is 5.29. The predicted molar refractivity (Wildman–Crippen MR) is 105 cm³/mol. The lowest BCUT2D eigenvalue weighted by atomic mass is 9.94. The molecule has 26 heavy (non-hydrogen) atoms. The molecule has 1 amide bonds. The molecule has 5 heteroatoms. The van der Waals surface area contributed by atoms with Gasteiger partial charge in [-0.3, -0.25) is 4.79 Å². The third kappa shape index (κ3) is 4.73. The summed E-state index contributed by atoms with van der Waals surface area (Å²) in [6.07, 6.45) is 7.70. The molecule has 0 atom stereocenters. The summed E-state index contributed by atoms with van der Waals surface area (Å²) in [5, 5.41) is 7.47. The summed E-state index contributed by atoms with van der Waals surface area (Å²) in [7, 11) is 2.21. The third-order valence-electron chi connectivity index (χ3n) is 5.29. The summed E-state index contributed by atoms with van der Waals surface area (Å²) in [6.45, 7) is 3.69. The Balaban J connectivity index is 1.46. The van der Waals surface area contributed by atoms with E-state index in [9.17, 15) is 4.79 Å². The molecule has 1 aromatic heterocycles. The van der Waals surface area contributed by atoms with Crippen LogP contribution in [0.2, 0.25) is 0 Å². The van der Waals surface area contributed by atoms with Crippen molar-refractivity contribution < 1.29 is 4.79 Å². The zero-order valence-corrected chi connectivity index (χ0v) is 15.9. The van der Waals surface area contributed by atoms with Gasteiger partial charge in [-0.25, -0.2) is 4.68 Å². The van der Waals surface area contributed by atoms with Crippen LogP contribution in [0.5, 0.6) is 0 Å². The maximum Gasteiger partial charge on any atom is 0.271 e. The van der Waals surface area contributed by atoms with Crippen molar-refractivity contribution in [3.05, 3.63) is 47.8 Å². The molecule has 1 N–H and O–H groups in total. The van der Waals surface area contributed by atoms with Crippen LogP contribution < -0.4 is 5.32 Å². The largest absolute Gasteiger partial charge is 0.351 e. The number of para-hydroxylation sites is 1. The van der Waals surface area contributed by atoms with E-state index in [1.165, 1.54) is 32.1 Å². The number of aromatic nitrogens is 2. The van der Waals surface area contributed by atoms with Gasteiger partial charge in [0.05, 0.1) is 5.69 Å². The zero-order valence-electron chi connectivity index (χ0n) is 15.9. The summed E-state index contributed by atoms with van der Waals surface area (Å²) in [4.78, 5) is 14.8. The highest BCUT2D eigenvalue weighted by molar-refractivity contribution is 5.92. The summed E-state index contributed by atoms with van der Waals surface area (Å²) in [5.41, 5.74) is 2.41. The van der Waals surface area contributed by atoms with Gasteiger partial charge in [0.2, 0.25) is 0 Å². The Kier molecular flexibility index (Phi) is 6.45. The van der Waals surface area contributed by atoms with Crippen molar-refractivity contribution in [1.29, 1.82) is 0 Å². The topological polar surface area (TPSA) is 50.2 Å². The average Bonchev–Trinajstić information content (AvgIpc) is 3.08. The minimum Gasteiger partial charge on any atom is -0.351 e. The SMILES string of the molecule is Cc1cc(C(=O)NCCCN(C)C2CCCCC2)nn1-c1ccccc1. The van der Waals surface area contributed by atoms with Gasteiger partial charge in [-0.05, 0) is 58.0 Å². The molecule has 2 aromatic rings. The van der Waals surface area contributed by atoms with Crippen molar-refractivity contribution in [3.8, 4) is 5.69 Å². The Bertz CT molecular complexity index is 704. The molecule has 0 saturated heterocycles. The van der Waals surface area contributed by atoms with E-state index in [-0.39, 0.29) is 5.91 Å². The molecular formula is C21H30N4O. The Hall–Kier alpha value is -2.14. The maximum atomic E-state index is 12.4. The molecule has 0 radical (unpaired) electrons. The number of amides is 1. The first-order valence-corrected chi connectivity index (χ1v) is 9.75. The van der Waals surface area contributed by atoms with E-state index in [4.69, 9.17) is 0 Å². The molecule has 1 saturated carbocycles. The van der Waals surface area contributed by atoms with Gasteiger partial charge in [0.1, 0.15) is 0 Å². The monoisotopic (exact) mass is 354 g/mol. The van der Waals surface area contributed by atoms with E-state index in [0.717, 1.165) is 30.4 Å². The fourth-order valence-corrected chi connectivity index (χ4v) is 3.74. The van der Waals surface area contributed by atoms with Gasteiger partial charge >= 0.3 is 0 Å². The standard InChI is InChI=1S/C21H30N4O/c1-17-16-20(23-25(17)19-12-7-4-8-13-19)21(26)22-14-9-15-24(2)18-10-5-3-6-11-18/h4,7-8,12-13,16,18H,3,5-6,9-11,14-15H2,1-2H3,(H,22,26). The second-order valence-electron chi connectivity index (χ2n) is 7.30. The molecule has 1 fully saturated rings. The molecule has 1 aromatic carbocycles. The molecule has 1 aliphatic carbocycles. The second-order valence-corrected chi connectivity index (χ2v) is 7.30. The van der Waals surface area contributed by atoms with Crippen LogP contribution in [-0.4, -0.2) is 46.8 Å². The fraction of sp³-hybridized carbons (Fsp3) is 0.524. The van der Waals surface area contributed by atoms with Crippen LogP contribution in [0.4, 0.5) is 0 Å². The van der Waals surface area contributed by atoms with Gasteiger partial charge in [-0.1, -0.05) is 37.5 Å². The van der Waals surface area contributed by atoms with Gasteiger partial charge in [0, 0.05) is 18.3 Å². The van der Waals surface area contributed by atoms with Crippen LogP contribution in [-0.2, 0) is 0 Å². The molecule has 3 rings (SSSR count). The molecule has 0 aliphatic heterocycles. The van der Waals surface area contributed by atoms with Gasteiger partial charge in [-0.15, -0.1) is 0 Å². The number of carbonyl (C=O) groups is 1. The average molecular weight is 354 g/mol.